The molecule has 1 amide bonds. The number of morpholine rings is 1. The molecule has 2 aliphatic rings. The molecule has 2 saturated heterocycles. The summed E-state index contributed by atoms with van der Waals surface area (Å²) < 4.78 is 38.0. The monoisotopic (exact) mass is 484 g/mol. The number of rotatable bonds is 6. The number of aromatic nitrogens is 1. The van der Waals surface area contributed by atoms with Gasteiger partial charge in [0.05, 0.1) is 42.4 Å². The van der Waals surface area contributed by atoms with Crippen LogP contribution in [0.15, 0.2) is 58.0 Å². The van der Waals surface area contributed by atoms with Gasteiger partial charge in [0.1, 0.15) is 11.6 Å². The lowest BCUT2D eigenvalue weighted by molar-refractivity contribution is -0.125. The average molecular weight is 485 g/mol. The summed E-state index contributed by atoms with van der Waals surface area (Å²) >= 11 is 0. The fraction of sp³-hybridized carbons (Fsp3) is 0.417. The van der Waals surface area contributed by atoms with Crippen LogP contribution in [0.25, 0.3) is 10.9 Å². The number of hydrogen-bond acceptors (Lipinski definition) is 7. The van der Waals surface area contributed by atoms with E-state index >= 15 is 0 Å². The van der Waals surface area contributed by atoms with Crippen LogP contribution in [0.5, 0.6) is 0 Å². The lowest BCUT2D eigenvalue weighted by Gasteiger charge is -2.33. The van der Waals surface area contributed by atoms with E-state index in [1.165, 1.54) is 4.31 Å². The zero-order valence-electron chi connectivity index (χ0n) is 18.9. The van der Waals surface area contributed by atoms with E-state index in [1.807, 2.05) is 18.2 Å². The molecule has 2 fully saturated rings. The van der Waals surface area contributed by atoms with Crippen molar-refractivity contribution in [3.8, 4) is 0 Å². The van der Waals surface area contributed by atoms with E-state index in [-0.39, 0.29) is 16.7 Å². The van der Waals surface area contributed by atoms with Gasteiger partial charge in [-0.25, -0.2) is 13.4 Å². The zero-order valence-corrected chi connectivity index (χ0v) is 19.7. The molecule has 2 aromatic heterocycles. The summed E-state index contributed by atoms with van der Waals surface area (Å²) in [4.78, 5) is 19.8. The molecule has 2 aliphatic heterocycles. The first-order valence-electron chi connectivity index (χ1n) is 11.5. The van der Waals surface area contributed by atoms with Crippen molar-refractivity contribution in [2.75, 3.05) is 44.3 Å². The van der Waals surface area contributed by atoms with Gasteiger partial charge in [-0.2, -0.15) is 4.31 Å². The molecule has 0 radical (unpaired) electrons. The second kappa shape index (κ2) is 9.73. The van der Waals surface area contributed by atoms with Gasteiger partial charge in [-0.15, -0.1) is 0 Å². The van der Waals surface area contributed by atoms with Crippen LogP contribution >= 0.6 is 0 Å². The predicted octanol–water partition coefficient (Wildman–Crippen LogP) is 2.38. The SMILES string of the molecule is O=C(NCc1ccco1)[C@H]1CCCN(c2ccc3cc(S(=O)(=O)N4CCOCC4)ccc3n2)C1. The highest BCUT2D eigenvalue weighted by Gasteiger charge is 2.28. The van der Waals surface area contributed by atoms with Crippen LogP contribution in [-0.4, -0.2) is 63.0 Å². The fourth-order valence-electron chi connectivity index (χ4n) is 4.50. The van der Waals surface area contributed by atoms with Crippen LogP contribution < -0.4 is 10.2 Å². The standard InChI is InChI=1S/C24H28N4O5S/c29-24(25-16-20-4-2-12-33-20)19-3-1-9-27(17-19)23-8-5-18-15-21(6-7-22(18)26-23)34(30,31)28-10-13-32-14-11-28/h2,4-8,12,15,19H,1,3,9-11,13-14,16-17H2,(H,25,29)/t19-/m0/s1. The van der Waals surface area contributed by atoms with E-state index in [9.17, 15) is 13.2 Å². The van der Waals surface area contributed by atoms with Crippen LogP contribution in [0.4, 0.5) is 5.82 Å². The summed E-state index contributed by atoms with van der Waals surface area (Å²) in [6.07, 6.45) is 3.32. The molecule has 0 aliphatic carbocycles. The van der Waals surface area contributed by atoms with E-state index in [1.54, 1.807) is 30.5 Å². The lowest BCUT2D eigenvalue weighted by atomic mass is 9.97. The number of nitrogens with zero attached hydrogens (tertiary/aromatic N) is 3. The Balaban J connectivity index is 1.29. The molecule has 1 aromatic carbocycles. The molecule has 0 bridgehead atoms. The Bertz CT molecular complexity index is 1260. The molecule has 180 valence electrons. The fourth-order valence-corrected chi connectivity index (χ4v) is 5.94. The zero-order chi connectivity index (χ0) is 23.5. The Morgan fingerprint density at radius 2 is 1.97 bits per heavy atom. The molecule has 0 unspecified atom stereocenters. The number of ether oxygens (including phenoxy) is 1. The normalized spacial score (nSPS) is 19.9. The Labute approximate surface area is 198 Å². The molecule has 3 aromatic rings. The molecule has 4 heterocycles. The average Bonchev–Trinajstić information content (AvgIpc) is 3.41. The summed E-state index contributed by atoms with van der Waals surface area (Å²) in [6.45, 7) is 3.35. The minimum absolute atomic E-state index is 0.0138. The van der Waals surface area contributed by atoms with Crippen molar-refractivity contribution in [3.63, 3.8) is 0 Å². The van der Waals surface area contributed by atoms with Crippen molar-refractivity contribution in [1.82, 2.24) is 14.6 Å². The van der Waals surface area contributed by atoms with E-state index < -0.39 is 10.0 Å². The number of anilines is 1. The Morgan fingerprint density at radius 1 is 1.12 bits per heavy atom. The smallest absolute Gasteiger partial charge is 0.243 e. The molecule has 0 spiro atoms. The highest BCUT2D eigenvalue weighted by molar-refractivity contribution is 7.89. The number of benzene rings is 1. The number of carbonyl (C=O) groups excluding carboxylic acids is 1. The number of pyridine rings is 1. The van der Waals surface area contributed by atoms with Gasteiger partial charge in [-0.3, -0.25) is 4.79 Å². The lowest BCUT2D eigenvalue weighted by Crippen LogP contribution is -2.43. The van der Waals surface area contributed by atoms with Crippen LogP contribution in [-0.2, 0) is 26.1 Å². The molecule has 1 N–H and O–H groups in total. The van der Waals surface area contributed by atoms with Crippen molar-refractivity contribution in [1.29, 1.82) is 0 Å². The van der Waals surface area contributed by atoms with Gasteiger partial charge in [0.15, 0.2) is 0 Å². The van der Waals surface area contributed by atoms with Gasteiger partial charge in [0.25, 0.3) is 0 Å². The first kappa shape index (κ1) is 22.8. The number of piperidine rings is 1. The number of nitrogens with one attached hydrogen (secondary N) is 1. The predicted molar refractivity (Wildman–Crippen MR) is 127 cm³/mol. The highest BCUT2D eigenvalue weighted by Crippen LogP contribution is 2.26. The highest BCUT2D eigenvalue weighted by atomic mass is 32.2. The van der Waals surface area contributed by atoms with E-state index in [2.05, 4.69) is 10.2 Å². The van der Waals surface area contributed by atoms with E-state index in [0.29, 0.717) is 39.4 Å². The Kier molecular flexibility index (Phi) is 6.53. The van der Waals surface area contributed by atoms with Gasteiger partial charge >= 0.3 is 0 Å². The third kappa shape index (κ3) is 4.79. The second-order valence-corrected chi connectivity index (χ2v) is 10.6. The van der Waals surface area contributed by atoms with Gasteiger partial charge < -0.3 is 19.4 Å². The minimum atomic E-state index is -3.56. The van der Waals surface area contributed by atoms with Crippen molar-refractivity contribution < 1.29 is 22.4 Å². The molecule has 5 rings (SSSR count). The van der Waals surface area contributed by atoms with Crippen LogP contribution in [0.2, 0.25) is 0 Å². The van der Waals surface area contributed by atoms with Crippen LogP contribution in [0, 0.1) is 5.92 Å². The molecule has 10 heteroatoms. The van der Waals surface area contributed by atoms with Crippen molar-refractivity contribution in [2.45, 2.75) is 24.3 Å². The second-order valence-electron chi connectivity index (χ2n) is 8.62. The van der Waals surface area contributed by atoms with Gasteiger partial charge in [0, 0.05) is 31.6 Å². The molecular weight excluding hydrogens is 456 g/mol. The molecule has 34 heavy (non-hydrogen) atoms. The first-order chi connectivity index (χ1) is 16.5. The van der Waals surface area contributed by atoms with Crippen molar-refractivity contribution in [2.24, 2.45) is 5.92 Å². The van der Waals surface area contributed by atoms with Crippen molar-refractivity contribution in [3.05, 3.63) is 54.5 Å². The summed E-state index contributed by atoms with van der Waals surface area (Å²) in [6, 6.07) is 12.5. The van der Waals surface area contributed by atoms with E-state index in [4.69, 9.17) is 14.1 Å². The topological polar surface area (TPSA) is 105 Å². The summed E-state index contributed by atoms with van der Waals surface area (Å²) in [5.74, 6) is 1.41. The minimum Gasteiger partial charge on any atom is -0.467 e. The number of furan rings is 1. The van der Waals surface area contributed by atoms with Crippen molar-refractivity contribution >= 4 is 32.7 Å². The molecule has 0 saturated carbocycles. The maximum atomic E-state index is 13.0. The molecule has 1 atom stereocenters. The van der Waals surface area contributed by atoms with Gasteiger partial charge in [-0.05, 0) is 55.3 Å². The summed E-state index contributed by atoms with van der Waals surface area (Å²) in [5, 5.41) is 3.72. The van der Waals surface area contributed by atoms with E-state index in [0.717, 1.165) is 41.9 Å². The maximum absolute atomic E-state index is 13.0. The molecular formula is C24H28N4O5S. The third-order valence-corrected chi connectivity index (χ3v) is 8.28. The Hall–Kier alpha value is -2.95. The third-order valence-electron chi connectivity index (χ3n) is 6.39. The summed E-state index contributed by atoms with van der Waals surface area (Å²) in [5.41, 5.74) is 0.725. The molecule has 9 nitrogen and oxygen atoms in total. The Morgan fingerprint density at radius 3 is 2.76 bits per heavy atom. The quantitative estimate of drug-likeness (QED) is 0.573. The maximum Gasteiger partial charge on any atom is 0.243 e. The van der Waals surface area contributed by atoms with Crippen LogP contribution in [0.1, 0.15) is 18.6 Å². The number of hydrogen-bond donors (Lipinski definition) is 1. The first-order valence-corrected chi connectivity index (χ1v) is 13.0. The largest absolute Gasteiger partial charge is 0.467 e. The van der Waals surface area contributed by atoms with Crippen LogP contribution in [0.3, 0.4) is 0 Å². The number of sulfonamides is 1. The number of amides is 1. The number of fused-ring (bicyclic) bond motifs is 1. The number of carbonyl (C=O) groups is 1. The van der Waals surface area contributed by atoms with Gasteiger partial charge in [0.2, 0.25) is 15.9 Å². The van der Waals surface area contributed by atoms with Gasteiger partial charge in [-0.1, -0.05) is 0 Å². The summed E-state index contributed by atoms with van der Waals surface area (Å²) in [7, 11) is -3.56.